The van der Waals surface area contributed by atoms with Crippen LogP contribution in [0.25, 0.3) is 0 Å². The summed E-state index contributed by atoms with van der Waals surface area (Å²) in [5, 5.41) is 10.7. The average Bonchev–Trinajstić information content (AvgIpc) is 3.27. The van der Waals surface area contributed by atoms with Gasteiger partial charge in [0.1, 0.15) is 12.0 Å². The van der Waals surface area contributed by atoms with Gasteiger partial charge in [0, 0.05) is 29.7 Å². The fraction of sp³-hybridized carbons (Fsp3) is 0.467. The molecular weight excluding hydrogens is 562 g/mol. The number of unbranched alkanes of at least 4 members (excludes halogenated alkanes) is 2. The van der Waals surface area contributed by atoms with Gasteiger partial charge < -0.3 is 14.8 Å². The highest BCUT2D eigenvalue weighted by Gasteiger charge is 2.46. The number of pyridine rings is 1. The normalized spacial score (nSPS) is 20.4. The van der Waals surface area contributed by atoms with Gasteiger partial charge in [-0.3, -0.25) is 0 Å². The molecule has 0 bridgehead atoms. The number of amidine groups is 1. The molecule has 4 heterocycles. The number of aryl methyl sites for hydroxylation is 1. The summed E-state index contributed by atoms with van der Waals surface area (Å²) in [6, 6.07) is 1.11. The molecule has 0 aromatic carbocycles. The third-order valence-corrected chi connectivity index (χ3v) is 7.84. The van der Waals surface area contributed by atoms with Gasteiger partial charge >= 0.3 is 18.2 Å². The van der Waals surface area contributed by atoms with Crippen LogP contribution in [0.5, 0.6) is 0 Å². The number of carboxylic acid groups (broad SMARTS) is 1. The number of aliphatic carboxylic acids is 1. The molecule has 3 aliphatic heterocycles. The maximum atomic E-state index is 13.8. The second-order valence-corrected chi connectivity index (χ2v) is 11.7. The number of alkyl halides is 6. The molecule has 6 nitrogen and oxygen atoms in total. The molecule has 0 spiro atoms. The topological polar surface area (TPSA) is 72.0 Å². The number of allylic oxidation sites excluding steroid dienone is 6. The van der Waals surface area contributed by atoms with E-state index in [1.807, 2.05) is 0 Å². The lowest BCUT2D eigenvalue weighted by atomic mass is 9.80. The van der Waals surface area contributed by atoms with Crippen molar-refractivity contribution in [1.82, 2.24) is 4.90 Å². The van der Waals surface area contributed by atoms with E-state index in [0.29, 0.717) is 53.5 Å². The van der Waals surface area contributed by atoms with E-state index in [1.165, 1.54) is 16.5 Å². The second-order valence-electron chi connectivity index (χ2n) is 11.7. The number of carboxylic acids is 1. The van der Waals surface area contributed by atoms with Gasteiger partial charge in [-0.25, -0.2) is 9.56 Å². The zero-order valence-electron chi connectivity index (χ0n) is 24.0. The Hall–Kier alpha value is -3.70. The van der Waals surface area contributed by atoms with Crippen molar-refractivity contribution in [3.05, 3.63) is 70.7 Å². The molecule has 0 unspecified atom stereocenters. The van der Waals surface area contributed by atoms with Crippen molar-refractivity contribution in [3.8, 4) is 0 Å². The molecule has 1 aromatic rings. The number of carbonyl (C=O) groups excluding carboxylic acids is 1. The van der Waals surface area contributed by atoms with Crippen LogP contribution in [0, 0.1) is 5.41 Å². The molecule has 0 N–H and O–H groups in total. The summed E-state index contributed by atoms with van der Waals surface area (Å²) in [5.41, 5.74) is -1.38. The molecule has 4 rings (SSSR count). The fourth-order valence-electron chi connectivity index (χ4n) is 5.26. The molecule has 0 atom stereocenters. The molecule has 1 aromatic heterocycles. The smallest absolute Gasteiger partial charge is 0.419 e. The Morgan fingerprint density at radius 3 is 2.33 bits per heavy atom. The minimum atomic E-state index is -4.57. The van der Waals surface area contributed by atoms with Gasteiger partial charge in [0.15, 0.2) is 5.71 Å². The highest BCUT2D eigenvalue weighted by Crippen LogP contribution is 2.47. The van der Waals surface area contributed by atoms with Crippen molar-refractivity contribution >= 4 is 23.3 Å². The van der Waals surface area contributed by atoms with Crippen LogP contribution in [0.3, 0.4) is 0 Å². The van der Waals surface area contributed by atoms with E-state index in [4.69, 9.17) is 0 Å². The summed E-state index contributed by atoms with van der Waals surface area (Å²) in [6.07, 6.45) is 0.296. The third-order valence-electron chi connectivity index (χ3n) is 7.84. The first-order chi connectivity index (χ1) is 19.3. The van der Waals surface area contributed by atoms with Gasteiger partial charge in [0.25, 0.3) is 0 Å². The molecule has 0 fully saturated rings. The maximum absolute atomic E-state index is 13.8. The maximum Gasteiger partial charge on any atom is 0.419 e. The Labute approximate surface area is 240 Å². The van der Waals surface area contributed by atoms with Gasteiger partial charge in [0.2, 0.25) is 0 Å². The predicted molar refractivity (Wildman–Crippen MR) is 144 cm³/mol. The fourth-order valence-corrected chi connectivity index (χ4v) is 5.26. The first-order valence-electron chi connectivity index (χ1n) is 13.5. The lowest BCUT2D eigenvalue weighted by molar-refractivity contribution is -0.659. The first kappa shape index (κ1) is 31.2. The van der Waals surface area contributed by atoms with Gasteiger partial charge in [-0.2, -0.15) is 26.3 Å². The zero-order valence-corrected chi connectivity index (χ0v) is 24.0. The molecule has 0 saturated heterocycles. The van der Waals surface area contributed by atoms with E-state index in [1.54, 1.807) is 45.9 Å². The molecule has 12 heteroatoms. The minimum Gasteiger partial charge on any atom is -0.550 e. The molecule has 226 valence electrons. The number of aromatic nitrogens is 1. The van der Waals surface area contributed by atoms with E-state index in [2.05, 4.69) is 9.98 Å². The van der Waals surface area contributed by atoms with Crippen LogP contribution in [0.2, 0.25) is 0 Å². The summed E-state index contributed by atoms with van der Waals surface area (Å²) in [7, 11) is 1.51. The SMILES string of the molecule is C[n+]1cc(C(F)(F)F)cc2c1N=C(/C=C/C=C1\N=C3C(=CC(C(F)(F)F)=CN3CCCCCC(=O)[O-])C1(C)C)C2(C)C. The van der Waals surface area contributed by atoms with Gasteiger partial charge in [-0.05, 0) is 62.4 Å². The van der Waals surface area contributed by atoms with Crippen molar-refractivity contribution in [1.29, 1.82) is 0 Å². The number of hydrogen-bond acceptors (Lipinski definition) is 5. The summed E-state index contributed by atoms with van der Waals surface area (Å²) in [5.74, 6) is -0.359. The lowest BCUT2D eigenvalue weighted by Gasteiger charge is -2.31. The second kappa shape index (κ2) is 10.9. The number of nitrogens with zero attached hydrogens (tertiary/aromatic N) is 4. The van der Waals surface area contributed by atoms with Crippen molar-refractivity contribution < 1.29 is 40.8 Å². The van der Waals surface area contributed by atoms with Crippen LogP contribution < -0.4 is 9.67 Å². The Kier molecular flexibility index (Phi) is 8.07. The van der Waals surface area contributed by atoms with Gasteiger partial charge in [0.05, 0.1) is 34.9 Å². The molecule has 0 radical (unpaired) electrons. The lowest BCUT2D eigenvalue weighted by Crippen LogP contribution is -2.34. The number of carbonyl (C=O) groups is 1. The highest BCUT2D eigenvalue weighted by molar-refractivity contribution is 6.08. The molecule has 42 heavy (non-hydrogen) atoms. The Morgan fingerprint density at radius 2 is 1.71 bits per heavy atom. The van der Waals surface area contributed by atoms with E-state index < -0.39 is 40.3 Å². The first-order valence-corrected chi connectivity index (χ1v) is 13.5. The molecule has 0 aliphatic carbocycles. The minimum absolute atomic E-state index is 0.114. The van der Waals surface area contributed by atoms with Crippen LogP contribution >= 0.6 is 0 Å². The number of aliphatic imine (C=N–C) groups is 2. The van der Waals surface area contributed by atoms with E-state index >= 15 is 0 Å². The zero-order chi connectivity index (χ0) is 31.3. The molecule has 0 amide bonds. The van der Waals surface area contributed by atoms with Crippen molar-refractivity contribution in [2.75, 3.05) is 6.54 Å². The molecule has 3 aliphatic rings. The van der Waals surface area contributed by atoms with Crippen LogP contribution in [-0.4, -0.2) is 35.1 Å². The Morgan fingerprint density at radius 1 is 1.02 bits per heavy atom. The standard InChI is InChI=1S/C30H32F6N4O2/c1-27(2)20-14-18(29(31,32)33)16-39(5)25(20)37-22(27)10-9-11-23-28(3,4)21-15-19(30(34,35)36)17-40(26(21)38-23)13-8-6-7-12-24(41)42/h9-11,14-17H,6-8,12-13H2,1-5H3. The van der Waals surface area contributed by atoms with Crippen molar-refractivity contribution in [3.63, 3.8) is 0 Å². The van der Waals surface area contributed by atoms with E-state index in [0.717, 1.165) is 24.5 Å². The Bertz CT molecular complexity index is 1470. The quantitative estimate of drug-likeness (QED) is 0.218. The molecule has 0 saturated carbocycles. The number of fused-ring (bicyclic) bond motifs is 2. The number of halogens is 6. The van der Waals surface area contributed by atoms with Gasteiger partial charge in [-0.15, -0.1) is 0 Å². The van der Waals surface area contributed by atoms with Crippen LogP contribution in [0.1, 0.15) is 64.5 Å². The van der Waals surface area contributed by atoms with Crippen molar-refractivity contribution in [2.24, 2.45) is 22.4 Å². The Balaban J connectivity index is 1.61. The van der Waals surface area contributed by atoms with E-state index in [-0.39, 0.29) is 13.0 Å². The van der Waals surface area contributed by atoms with E-state index in [9.17, 15) is 36.2 Å². The monoisotopic (exact) mass is 594 g/mol. The van der Waals surface area contributed by atoms with Crippen LogP contribution in [-0.2, 0) is 23.4 Å². The number of hydrogen-bond donors (Lipinski definition) is 0. The van der Waals surface area contributed by atoms with Crippen molar-refractivity contribution in [2.45, 2.75) is 71.1 Å². The highest BCUT2D eigenvalue weighted by atomic mass is 19.4. The predicted octanol–water partition coefficient (Wildman–Crippen LogP) is 5.77. The third kappa shape index (κ3) is 6.07. The summed E-state index contributed by atoms with van der Waals surface area (Å²) in [6.45, 7) is 7.34. The van der Waals surface area contributed by atoms with Gasteiger partial charge in [-0.1, -0.05) is 26.3 Å². The molecular formula is C30H32F6N4O2. The average molecular weight is 595 g/mol. The van der Waals surface area contributed by atoms with Crippen LogP contribution in [0.15, 0.2) is 69.6 Å². The number of rotatable bonds is 8. The summed E-state index contributed by atoms with van der Waals surface area (Å²) >= 11 is 0. The summed E-state index contributed by atoms with van der Waals surface area (Å²) in [4.78, 5) is 21.4. The summed E-state index contributed by atoms with van der Waals surface area (Å²) < 4.78 is 83.0. The van der Waals surface area contributed by atoms with Crippen LogP contribution in [0.4, 0.5) is 32.2 Å². The largest absolute Gasteiger partial charge is 0.550 e.